The summed E-state index contributed by atoms with van der Waals surface area (Å²) in [5.41, 5.74) is -1.47. The maximum absolute atomic E-state index is 13.3. The molecule has 0 amide bonds. The van der Waals surface area contributed by atoms with Crippen molar-refractivity contribution in [1.82, 2.24) is 0 Å². The van der Waals surface area contributed by atoms with Crippen LogP contribution in [0.15, 0.2) is 0 Å². The van der Waals surface area contributed by atoms with E-state index in [9.17, 15) is 14.7 Å². The number of ketones is 2. The summed E-state index contributed by atoms with van der Waals surface area (Å²) in [4.78, 5) is 25.4. The molecule has 0 radical (unpaired) electrons. The van der Waals surface area contributed by atoms with Gasteiger partial charge in [0.05, 0.1) is 0 Å². The smallest absolute Gasteiger partial charge is 0.165 e. The van der Waals surface area contributed by atoms with Crippen LogP contribution in [0.5, 0.6) is 0 Å². The molecule has 0 unspecified atom stereocenters. The number of fused-ring (bicyclic) bond motifs is 5. The molecule has 0 aromatic carbocycles. The number of hydrogen-bond acceptors (Lipinski definition) is 3. The van der Waals surface area contributed by atoms with E-state index in [2.05, 4.69) is 34.6 Å². The minimum Gasteiger partial charge on any atom is -0.381 e. The number of hydrogen-bond donors (Lipinski definition) is 1. The largest absolute Gasteiger partial charge is 0.381 e. The summed E-state index contributed by atoms with van der Waals surface area (Å²) in [5.74, 6) is 3.76. The predicted octanol–water partition coefficient (Wildman–Crippen LogP) is 5.97. The molecule has 3 nitrogen and oxygen atoms in total. The Kier molecular flexibility index (Phi) is 5.78. The second-order valence-electron chi connectivity index (χ2n) is 12.5. The van der Waals surface area contributed by atoms with Gasteiger partial charge in [-0.2, -0.15) is 0 Å². The Morgan fingerprint density at radius 1 is 1.00 bits per heavy atom. The van der Waals surface area contributed by atoms with Crippen LogP contribution in [0, 0.1) is 46.3 Å². The molecule has 170 valence electrons. The number of aliphatic hydroxyl groups is 1. The third kappa shape index (κ3) is 3.24. The highest BCUT2D eigenvalue weighted by Gasteiger charge is 2.67. The first kappa shape index (κ1) is 22.5. The fourth-order valence-electron chi connectivity index (χ4n) is 8.86. The van der Waals surface area contributed by atoms with E-state index in [1.807, 2.05) is 0 Å². The molecule has 0 saturated heterocycles. The van der Waals surface area contributed by atoms with Crippen LogP contribution in [0.4, 0.5) is 0 Å². The highest BCUT2D eigenvalue weighted by atomic mass is 16.3. The Morgan fingerprint density at radius 3 is 2.43 bits per heavy atom. The lowest BCUT2D eigenvalue weighted by Gasteiger charge is -2.62. The average Bonchev–Trinajstić information content (AvgIpc) is 3.01. The maximum atomic E-state index is 13.3. The van der Waals surface area contributed by atoms with E-state index in [4.69, 9.17) is 0 Å². The predicted molar refractivity (Wildman–Crippen MR) is 120 cm³/mol. The summed E-state index contributed by atoms with van der Waals surface area (Å²) in [5, 5.41) is 11.4. The van der Waals surface area contributed by atoms with Crippen LogP contribution in [-0.4, -0.2) is 22.3 Å². The maximum Gasteiger partial charge on any atom is 0.165 e. The second kappa shape index (κ2) is 7.71. The molecular weight excluding hydrogens is 372 g/mol. The molecule has 4 aliphatic carbocycles. The molecule has 0 aromatic heterocycles. The molecule has 3 heteroatoms. The molecule has 0 heterocycles. The van der Waals surface area contributed by atoms with Gasteiger partial charge >= 0.3 is 0 Å². The number of carbonyl (C=O) groups excluding carboxylic acids is 2. The minimum absolute atomic E-state index is 0.0306. The van der Waals surface area contributed by atoms with Crippen LogP contribution < -0.4 is 0 Å². The Morgan fingerprint density at radius 2 is 1.73 bits per heavy atom. The molecule has 4 saturated carbocycles. The van der Waals surface area contributed by atoms with Crippen LogP contribution >= 0.6 is 0 Å². The number of rotatable bonds is 5. The van der Waals surface area contributed by atoms with Crippen molar-refractivity contribution in [1.29, 1.82) is 0 Å². The average molecular weight is 417 g/mol. The van der Waals surface area contributed by atoms with E-state index in [-0.39, 0.29) is 18.0 Å². The summed E-state index contributed by atoms with van der Waals surface area (Å²) < 4.78 is 0. The van der Waals surface area contributed by atoms with Gasteiger partial charge < -0.3 is 5.11 Å². The monoisotopic (exact) mass is 416 g/mol. The van der Waals surface area contributed by atoms with Gasteiger partial charge in [-0.25, -0.2) is 0 Å². The van der Waals surface area contributed by atoms with Crippen molar-refractivity contribution in [3.8, 4) is 0 Å². The van der Waals surface area contributed by atoms with Crippen LogP contribution in [0.2, 0.25) is 0 Å². The highest BCUT2D eigenvalue weighted by molar-refractivity contribution is 5.96. The van der Waals surface area contributed by atoms with Crippen molar-refractivity contribution >= 4 is 11.6 Å². The minimum atomic E-state index is -1.40. The van der Waals surface area contributed by atoms with Crippen molar-refractivity contribution in [2.24, 2.45) is 46.3 Å². The molecule has 4 fully saturated rings. The standard InChI is InChI=1S/C27H44O3/c1-17(2)7-6-8-18(3)21-9-10-22-20-15-24(29)27(30)16-19(28)11-14-26(27,5)23(20)12-13-25(21,22)4/h17-18,20-23,30H,6-16H2,1-5H3/t18-,20+,21+,22-,23+,25+,26+,27-/m0/s1. The normalized spacial score (nSPS) is 47.0. The summed E-state index contributed by atoms with van der Waals surface area (Å²) in [7, 11) is 0. The summed E-state index contributed by atoms with van der Waals surface area (Å²) in [6, 6.07) is 0. The van der Waals surface area contributed by atoms with Crippen molar-refractivity contribution in [2.75, 3.05) is 0 Å². The molecule has 4 rings (SSSR count). The van der Waals surface area contributed by atoms with Gasteiger partial charge in [-0.1, -0.05) is 53.9 Å². The van der Waals surface area contributed by atoms with Crippen molar-refractivity contribution in [3.63, 3.8) is 0 Å². The van der Waals surface area contributed by atoms with E-state index in [0.29, 0.717) is 42.4 Å². The van der Waals surface area contributed by atoms with Crippen molar-refractivity contribution < 1.29 is 14.7 Å². The molecule has 0 aliphatic heterocycles. The van der Waals surface area contributed by atoms with Crippen LogP contribution in [0.1, 0.15) is 105 Å². The Balaban J connectivity index is 1.54. The van der Waals surface area contributed by atoms with Crippen molar-refractivity contribution in [3.05, 3.63) is 0 Å². The Labute approximate surface area is 183 Å². The molecule has 4 aliphatic rings. The topological polar surface area (TPSA) is 54.4 Å². The number of Topliss-reactive ketones (excluding diaryl/α,β-unsaturated/α-hetero) is 2. The van der Waals surface area contributed by atoms with Crippen molar-refractivity contribution in [2.45, 2.75) is 111 Å². The summed E-state index contributed by atoms with van der Waals surface area (Å²) in [6.07, 6.45) is 10.7. The molecule has 30 heavy (non-hydrogen) atoms. The molecule has 0 spiro atoms. The zero-order valence-corrected chi connectivity index (χ0v) is 20.0. The zero-order valence-electron chi connectivity index (χ0n) is 20.0. The molecular formula is C27H44O3. The summed E-state index contributed by atoms with van der Waals surface area (Å²) in [6.45, 7) is 11.8. The van der Waals surface area contributed by atoms with Gasteiger partial charge in [-0.05, 0) is 73.0 Å². The molecule has 1 N–H and O–H groups in total. The van der Waals surface area contributed by atoms with Gasteiger partial charge in [-0.15, -0.1) is 0 Å². The second-order valence-corrected chi connectivity index (χ2v) is 12.5. The van der Waals surface area contributed by atoms with Crippen LogP contribution in [0.3, 0.4) is 0 Å². The lowest BCUT2D eigenvalue weighted by molar-refractivity contribution is -0.203. The number of carbonyl (C=O) groups is 2. The van der Waals surface area contributed by atoms with Crippen LogP contribution in [-0.2, 0) is 9.59 Å². The third-order valence-corrected chi connectivity index (χ3v) is 10.7. The SMILES string of the molecule is CC(C)CCC[C@H](C)[C@H]1CC[C@H]2[C@H]3CC(=O)[C@@]4(O)CC(=O)CC[C@]4(C)[C@@H]3CC[C@]12C. The zero-order chi connectivity index (χ0) is 21.9. The van der Waals surface area contributed by atoms with Gasteiger partial charge in [0.2, 0.25) is 0 Å². The van der Waals surface area contributed by atoms with E-state index in [0.717, 1.165) is 24.2 Å². The highest BCUT2D eigenvalue weighted by Crippen LogP contribution is 2.68. The van der Waals surface area contributed by atoms with Gasteiger partial charge in [-0.3, -0.25) is 9.59 Å². The van der Waals surface area contributed by atoms with Gasteiger partial charge in [0, 0.05) is 24.7 Å². The quantitative estimate of drug-likeness (QED) is 0.600. The van der Waals surface area contributed by atoms with E-state index in [1.54, 1.807) is 0 Å². The van der Waals surface area contributed by atoms with Gasteiger partial charge in [0.1, 0.15) is 11.4 Å². The molecule has 8 atom stereocenters. The first-order valence-electron chi connectivity index (χ1n) is 12.8. The first-order chi connectivity index (χ1) is 14.0. The fraction of sp³-hybridized carbons (Fsp3) is 0.926. The third-order valence-electron chi connectivity index (χ3n) is 10.7. The molecule has 0 bridgehead atoms. The summed E-state index contributed by atoms with van der Waals surface area (Å²) >= 11 is 0. The van der Waals surface area contributed by atoms with Gasteiger partial charge in [0.25, 0.3) is 0 Å². The Hall–Kier alpha value is -0.700. The van der Waals surface area contributed by atoms with Gasteiger partial charge in [0.15, 0.2) is 5.78 Å². The van der Waals surface area contributed by atoms with E-state index >= 15 is 0 Å². The van der Waals surface area contributed by atoms with E-state index in [1.165, 1.54) is 38.5 Å². The Bertz CT molecular complexity index is 698. The lowest BCUT2D eigenvalue weighted by Crippen LogP contribution is -2.66. The molecule has 0 aromatic rings. The van der Waals surface area contributed by atoms with E-state index < -0.39 is 11.0 Å². The first-order valence-corrected chi connectivity index (χ1v) is 12.8. The fourth-order valence-corrected chi connectivity index (χ4v) is 8.86. The van der Waals surface area contributed by atoms with Crippen LogP contribution in [0.25, 0.3) is 0 Å². The lowest BCUT2D eigenvalue weighted by atomic mass is 9.42.